The third-order valence-corrected chi connectivity index (χ3v) is 6.29. The summed E-state index contributed by atoms with van der Waals surface area (Å²) in [5.74, 6) is 0.679. The van der Waals surface area contributed by atoms with E-state index in [1.807, 2.05) is 31.2 Å². The average molecular weight is 395 g/mol. The van der Waals surface area contributed by atoms with E-state index >= 15 is 0 Å². The van der Waals surface area contributed by atoms with Crippen LogP contribution in [0.2, 0.25) is 0 Å². The summed E-state index contributed by atoms with van der Waals surface area (Å²) in [4.78, 5) is 0. The molecule has 3 aromatic rings. The Balaban J connectivity index is 1.31. The molecule has 5 rings (SSSR count). The highest BCUT2D eigenvalue weighted by atomic mass is 32.1. The van der Waals surface area contributed by atoms with Gasteiger partial charge in [-0.3, -0.25) is 0 Å². The number of rotatable bonds is 4. The Morgan fingerprint density at radius 2 is 1.86 bits per heavy atom. The number of piperidine rings is 1. The standard InChI is InChI=1S/C20H21N5O2S/c1-11-22-25-20(28-11)12-2-5-16(18(26)8-12)17-6-7-19(24-23-17)27-15-9-13-3-4-14(10-15)21-13/h2,5-8,13-15,21,26H,3-4,9-10H2,1H3. The molecule has 0 saturated carbocycles. The predicted octanol–water partition coefficient (Wildman–Crippen LogP) is 3.34. The van der Waals surface area contributed by atoms with Crippen molar-refractivity contribution in [3.05, 3.63) is 35.3 Å². The maximum absolute atomic E-state index is 10.5. The van der Waals surface area contributed by atoms with Crippen LogP contribution in [0.5, 0.6) is 11.6 Å². The Morgan fingerprint density at radius 1 is 1.04 bits per heavy atom. The van der Waals surface area contributed by atoms with Crippen molar-refractivity contribution in [2.45, 2.75) is 50.8 Å². The molecule has 2 aromatic heterocycles. The molecule has 2 fully saturated rings. The van der Waals surface area contributed by atoms with Crippen molar-refractivity contribution in [2.75, 3.05) is 0 Å². The summed E-state index contributed by atoms with van der Waals surface area (Å²) in [6.07, 6.45) is 4.71. The molecule has 144 valence electrons. The van der Waals surface area contributed by atoms with Crippen LogP contribution in [0.15, 0.2) is 30.3 Å². The zero-order valence-electron chi connectivity index (χ0n) is 15.5. The molecular formula is C20H21N5O2S. The van der Waals surface area contributed by atoms with Crippen LogP contribution in [0.4, 0.5) is 0 Å². The number of hydrogen-bond donors (Lipinski definition) is 2. The molecule has 2 N–H and O–H groups in total. The Labute approximate surface area is 166 Å². The predicted molar refractivity (Wildman–Crippen MR) is 106 cm³/mol. The molecule has 7 nitrogen and oxygen atoms in total. The number of nitrogens with zero attached hydrogens (tertiary/aromatic N) is 4. The van der Waals surface area contributed by atoms with Crippen molar-refractivity contribution in [3.63, 3.8) is 0 Å². The van der Waals surface area contributed by atoms with E-state index in [1.54, 1.807) is 6.07 Å². The van der Waals surface area contributed by atoms with Crippen LogP contribution in [-0.4, -0.2) is 43.7 Å². The molecule has 2 unspecified atom stereocenters. The van der Waals surface area contributed by atoms with Crippen LogP contribution in [0, 0.1) is 6.92 Å². The summed E-state index contributed by atoms with van der Waals surface area (Å²) in [5.41, 5.74) is 2.07. The minimum atomic E-state index is 0.142. The minimum absolute atomic E-state index is 0.142. The lowest BCUT2D eigenvalue weighted by Crippen LogP contribution is -2.42. The molecule has 28 heavy (non-hydrogen) atoms. The van der Waals surface area contributed by atoms with Crippen LogP contribution in [0.25, 0.3) is 21.8 Å². The second-order valence-corrected chi connectivity index (χ2v) is 8.65. The van der Waals surface area contributed by atoms with Crippen LogP contribution >= 0.6 is 11.3 Å². The van der Waals surface area contributed by atoms with Gasteiger partial charge in [-0.1, -0.05) is 17.4 Å². The molecule has 2 bridgehead atoms. The maximum Gasteiger partial charge on any atom is 0.233 e. The summed E-state index contributed by atoms with van der Waals surface area (Å²) in [6.45, 7) is 1.91. The average Bonchev–Trinajstić information content (AvgIpc) is 3.27. The van der Waals surface area contributed by atoms with Gasteiger partial charge in [-0.2, -0.15) is 0 Å². The van der Waals surface area contributed by atoms with Gasteiger partial charge in [-0.15, -0.1) is 20.4 Å². The Morgan fingerprint density at radius 3 is 2.50 bits per heavy atom. The molecule has 2 atom stereocenters. The van der Waals surface area contributed by atoms with Crippen molar-refractivity contribution < 1.29 is 9.84 Å². The van der Waals surface area contributed by atoms with E-state index in [0.29, 0.717) is 29.2 Å². The molecular weight excluding hydrogens is 374 g/mol. The van der Waals surface area contributed by atoms with Gasteiger partial charge >= 0.3 is 0 Å². The Bertz CT molecular complexity index is 979. The zero-order chi connectivity index (χ0) is 19.1. The number of phenolic OH excluding ortho intramolecular Hbond substituents is 1. The van der Waals surface area contributed by atoms with E-state index in [2.05, 4.69) is 25.7 Å². The fourth-order valence-electron chi connectivity index (χ4n) is 4.09. The minimum Gasteiger partial charge on any atom is -0.507 e. The summed E-state index contributed by atoms with van der Waals surface area (Å²) in [7, 11) is 0. The molecule has 2 saturated heterocycles. The number of nitrogens with one attached hydrogen (secondary N) is 1. The summed E-state index contributed by atoms with van der Waals surface area (Å²) >= 11 is 1.49. The number of hydrogen-bond acceptors (Lipinski definition) is 8. The first-order valence-corrected chi connectivity index (χ1v) is 10.4. The van der Waals surface area contributed by atoms with E-state index < -0.39 is 0 Å². The van der Waals surface area contributed by atoms with E-state index in [9.17, 15) is 5.11 Å². The number of aryl methyl sites for hydroxylation is 1. The molecule has 0 radical (unpaired) electrons. The normalized spacial score (nSPS) is 23.7. The molecule has 0 amide bonds. The maximum atomic E-state index is 10.5. The van der Waals surface area contributed by atoms with E-state index in [4.69, 9.17) is 4.74 Å². The topological polar surface area (TPSA) is 93.1 Å². The van der Waals surface area contributed by atoms with Gasteiger partial charge in [0, 0.05) is 29.3 Å². The van der Waals surface area contributed by atoms with Gasteiger partial charge in [-0.25, -0.2) is 0 Å². The van der Waals surface area contributed by atoms with Crippen LogP contribution in [0.3, 0.4) is 0 Å². The van der Waals surface area contributed by atoms with Gasteiger partial charge in [0.25, 0.3) is 0 Å². The number of ether oxygens (including phenoxy) is 1. The first-order valence-electron chi connectivity index (χ1n) is 9.54. The van der Waals surface area contributed by atoms with Crippen molar-refractivity contribution in [2.24, 2.45) is 0 Å². The number of aromatic nitrogens is 4. The fraction of sp³-hybridized carbons (Fsp3) is 0.400. The number of benzene rings is 1. The highest BCUT2D eigenvalue weighted by molar-refractivity contribution is 7.14. The quantitative estimate of drug-likeness (QED) is 0.700. The molecule has 1 aromatic carbocycles. The van der Waals surface area contributed by atoms with E-state index in [-0.39, 0.29) is 11.9 Å². The first kappa shape index (κ1) is 17.5. The van der Waals surface area contributed by atoms with Crippen molar-refractivity contribution in [3.8, 4) is 33.5 Å². The third kappa shape index (κ3) is 3.45. The largest absolute Gasteiger partial charge is 0.507 e. The monoisotopic (exact) mass is 395 g/mol. The molecule has 0 spiro atoms. The van der Waals surface area contributed by atoms with Gasteiger partial charge in [0.15, 0.2) is 0 Å². The van der Waals surface area contributed by atoms with Gasteiger partial charge < -0.3 is 15.2 Å². The van der Waals surface area contributed by atoms with Crippen molar-refractivity contribution >= 4 is 11.3 Å². The lowest BCUT2D eigenvalue weighted by Gasteiger charge is -2.28. The smallest absolute Gasteiger partial charge is 0.233 e. The summed E-state index contributed by atoms with van der Waals surface area (Å²) in [5, 5.41) is 32.4. The zero-order valence-corrected chi connectivity index (χ0v) is 16.3. The number of fused-ring (bicyclic) bond motifs is 2. The first-order chi connectivity index (χ1) is 13.6. The van der Waals surface area contributed by atoms with Crippen LogP contribution < -0.4 is 10.1 Å². The Kier molecular flexibility index (Phi) is 4.44. The Hall–Kier alpha value is -2.58. The summed E-state index contributed by atoms with van der Waals surface area (Å²) in [6, 6.07) is 10.2. The SMILES string of the molecule is Cc1nnc(-c2ccc(-c3ccc(OC4CC5CCC(C4)N5)nn3)c(O)c2)s1. The fourth-order valence-corrected chi connectivity index (χ4v) is 4.78. The second-order valence-electron chi connectivity index (χ2n) is 7.46. The van der Waals surface area contributed by atoms with Crippen molar-refractivity contribution in [1.82, 2.24) is 25.7 Å². The third-order valence-electron chi connectivity index (χ3n) is 5.40. The highest BCUT2D eigenvalue weighted by Crippen LogP contribution is 2.34. The number of phenols is 1. The van der Waals surface area contributed by atoms with Gasteiger partial charge in [-0.05, 0) is 50.8 Å². The van der Waals surface area contributed by atoms with E-state index in [0.717, 1.165) is 28.4 Å². The van der Waals surface area contributed by atoms with Gasteiger partial charge in [0.05, 0.1) is 5.69 Å². The molecule has 4 heterocycles. The van der Waals surface area contributed by atoms with Crippen LogP contribution in [0.1, 0.15) is 30.7 Å². The lowest BCUT2D eigenvalue weighted by molar-refractivity contribution is 0.130. The molecule has 8 heteroatoms. The van der Waals surface area contributed by atoms with Gasteiger partial charge in [0.1, 0.15) is 21.9 Å². The molecule has 0 aliphatic carbocycles. The second kappa shape index (κ2) is 7.10. The number of aromatic hydroxyl groups is 1. The van der Waals surface area contributed by atoms with Crippen molar-refractivity contribution in [1.29, 1.82) is 0 Å². The summed E-state index contributed by atoms with van der Waals surface area (Å²) < 4.78 is 6.05. The molecule has 2 aliphatic heterocycles. The van der Waals surface area contributed by atoms with E-state index in [1.165, 1.54) is 24.2 Å². The van der Waals surface area contributed by atoms with Gasteiger partial charge in [0.2, 0.25) is 5.88 Å². The highest BCUT2D eigenvalue weighted by Gasteiger charge is 2.34. The molecule has 2 aliphatic rings. The van der Waals surface area contributed by atoms with Crippen LogP contribution in [-0.2, 0) is 0 Å². The lowest BCUT2D eigenvalue weighted by atomic mass is 10.0.